The first-order valence-corrected chi connectivity index (χ1v) is 9.94. The Bertz CT molecular complexity index is 1090. The van der Waals surface area contributed by atoms with Gasteiger partial charge in [-0.3, -0.25) is 4.79 Å². The summed E-state index contributed by atoms with van der Waals surface area (Å²) in [5.41, 5.74) is 3.70. The SMILES string of the molecule is CCOc1ccc(NC(=O)N(CCO)Cc2cc3cc(C)cc(C)c3[nH]c2=O)cc1. The number of nitrogens with one attached hydrogen (secondary N) is 2. The van der Waals surface area contributed by atoms with Crippen molar-refractivity contribution in [2.75, 3.05) is 25.1 Å². The molecule has 0 saturated carbocycles. The molecule has 0 saturated heterocycles. The molecule has 2 aromatic carbocycles. The number of carbonyl (C=O) groups excluding carboxylic acids is 1. The van der Waals surface area contributed by atoms with Crippen LogP contribution in [-0.4, -0.2) is 40.8 Å². The Labute approximate surface area is 175 Å². The van der Waals surface area contributed by atoms with E-state index in [0.29, 0.717) is 17.9 Å². The highest BCUT2D eigenvalue weighted by molar-refractivity contribution is 5.89. The molecule has 0 atom stereocenters. The molecule has 2 amide bonds. The zero-order valence-electron chi connectivity index (χ0n) is 17.5. The lowest BCUT2D eigenvalue weighted by molar-refractivity contribution is 0.185. The summed E-state index contributed by atoms with van der Waals surface area (Å²) in [6.07, 6.45) is 0. The molecule has 0 aliphatic heterocycles. The number of aryl methyl sites for hydroxylation is 2. The van der Waals surface area contributed by atoms with Crippen molar-refractivity contribution < 1.29 is 14.6 Å². The van der Waals surface area contributed by atoms with Gasteiger partial charge in [0.25, 0.3) is 5.56 Å². The Morgan fingerprint density at radius 1 is 1.17 bits per heavy atom. The molecule has 0 spiro atoms. The van der Waals surface area contributed by atoms with Crippen LogP contribution in [0.1, 0.15) is 23.6 Å². The molecule has 7 nitrogen and oxygen atoms in total. The first-order chi connectivity index (χ1) is 14.4. The number of aliphatic hydroxyl groups is 1. The van der Waals surface area contributed by atoms with Gasteiger partial charge >= 0.3 is 6.03 Å². The predicted octanol–water partition coefficient (Wildman–Crippen LogP) is 3.57. The van der Waals surface area contributed by atoms with E-state index in [1.807, 2.05) is 39.0 Å². The van der Waals surface area contributed by atoms with Gasteiger partial charge in [-0.1, -0.05) is 11.6 Å². The largest absolute Gasteiger partial charge is 0.494 e. The molecule has 0 aliphatic carbocycles. The number of aromatic nitrogens is 1. The summed E-state index contributed by atoms with van der Waals surface area (Å²) in [7, 11) is 0. The van der Waals surface area contributed by atoms with Crippen LogP contribution in [0.5, 0.6) is 5.75 Å². The second kappa shape index (κ2) is 9.45. The molecule has 30 heavy (non-hydrogen) atoms. The molecule has 0 aliphatic rings. The Balaban J connectivity index is 1.81. The summed E-state index contributed by atoms with van der Waals surface area (Å²) < 4.78 is 5.40. The van der Waals surface area contributed by atoms with E-state index in [1.165, 1.54) is 4.90 Å². The number of H-pyrrole nitrogens is 1. The van der Waals surface area contributed by atoms with Crippen LogP contribution >= 0.6 is 0 Å². The van der Waals surface area contributed by atoms with Crippen molar-refractivity contribution in [2.24, 2.45) is 0 Å². The Kier molecular flexibility index (Phi) is 6.74. The van der Waals surface area contributed by atoms with Crippen LogP contribution in [0, 0.1) is 13.8 Å². The van der Waals surface area contributed by atoms with E-state index in [9.17, 15) is 14.7 Å². The summed E-state index contributed by atoms with van der Waals surface area (Å²) in [6, 6.07) is 12.5. The van der Waals surface area contributed by atoms with E-state index in [0.717, 1.165) is 27.8 Å². The number of hydrogen-bond acceptors (Lipinski definition) is 4. The van der Waals surface area contributed by atoms with Gasteiger partial charge in [0.1, 0.15) is 5.75 Å². The number of rotatable bonds is 7. The number of aromatic amines is 1. The van der Waals surface area contributed by atoms with Gasteiger partial charge in [-0.2, -0.15) is 0 Å². The van der Waals surface area contributed by atoms with Gasteiger partial charge < -0.3 is 25.0 Å². The minimum Gasteiger partial charge on any atom is -0.494 e. The van der Waals surface area contributed by atoms with Crippen molar-refractivity contribution in [2.45, 2.75) is 27.3 Å². The molecule has 0 bridgehead atoms. The maximum absolute atomic E-state index is 12.8. The molecule has 0 unspecified atom stereocenters. The molecule has 7 heteroatoms. The number of benzene rings is 2. The highest BCUT2D eigenvalue weighted by Crippen LogP contribution is 2.19. The van der Waals surface area contributed by atoms with Gasteiger partial charge in [0.15, 0.2) is 0 Å². The van der Waals surface area contributed by atoms with Crippen molar-refractivity contribution in [1.82, 2.24) is 9.88 Å². The van der Waals surface area contributed by atoms with E-state index in [2.05, 4.69) is 10.3 Å². The summed E-state index contributed by atoms with van der Waals surface area (Å²) in [6.45, 7) is 6.40. The fourth-order valence-electron chi connectivity index (χ4n) is 3.43. The second-order valence-corrected chi connectivity index (χ2v) is 7.20. The van der Waals surface area contributed by atoms with Gasteiger partial charge in [0, 0.05) is 17.8 Å². The molecular weight excluding hydrogens is 382 g/mol. The Hall–Kier alpha value is -3.32. The van der Waals surface area contributed by atoms with Crippen molar-refractivity contribution in [3.63, 3.8) is 0 Å². The topological polar surface area (TPSA) is 94.7 Å². The number of carbonyl (C=O) groups is 1. The number of amides is 2. The van der Waals surface area contributed by atoms with Crippen molar-refractivity contribution in [1.29, 1.82) is 0 Å². The summed E-state index contributed by atoms with van der Waals surface area (Å²) in [5, 5.41) is 13.1. The summed E-state index contributed by atoms with van der Waals surface area (Å²) in [4.78, 5) is 29.7. The number of hydrogen-bond donors (Lipinski definition) is 3. The predicted molar refractivity (Wildman–Crippen MR) is 118 cm³/mol. The highest BCUT2D eigenvalue weighted by Gasteiger charge is 2.16. The smallest absolute Gasteiger partial charge is 0.322 e. The molecule has 1 heterocycles. The first-order valence-electron chi connectivity index (χ1n) is 9.94. The summed E-state index contributed by atoms with van der Waals surface area (Å²) >= 11 is 0. The van der Waals surface area contributed by atoms with Crippen molar-refractivity contribution in [3.05, 3.63) is 69.5 Å². The monoisotopic (exact) mass is 409 g/mol. The number of fused-ring (bicyclic) bond motifs is 1. The minimum atomic E-state index is -0.395. The zero-order valence-corrected chi connectivity index (χ0v) is 17.5. The van der Waals surface area contributed by atoms with E-state index in [1.54, 1.807) is 24.3 Å². The fraction of sp³-hybridized carbons (Fsp3) is 0.304. The van der Waals surface area contributed by atoms with Crippen LogP contribution in [0.15, 0.2) is 47.3 Å². The number of urea groups is 1. The summed E-state index contributed by atoms with van der Waals surface area (Å²) in [5.74, 6) is 0.719. The lowest BCUT2D eigenvalue weighted by Crippen LogP contribution is -2.38. The van der Waals surface area contributed by atoms with Gasteiger partial charge in [-0.15, -0.1) is 0 Å². The van der Waals surface area contributed by atoms with Gasteiger partial charge in [0.05, 0.1) is 25.3 Å². The van der Waals surface area contributed by atoms with Crippen LogP contribution in [-0.2, 0) is 6.54 Å². The van der Waals surface area contributed by atoms with Gasteiger partial charge in [-0.25, -0.2) is 4.79 Å². The van der Waals surface area contributed by atoms with Crippen LogP contribution in [0.3, 0.4) is 0 Å². The number of anilines is 1. The average molecular weight is 409 g/mol. The lowest BCUT2D eigenvalue weighted by atomic mass is 10.1. The van der Waals surface area contributed by atoms with Gasteiger partial charge in [-0.05, 0) is 68.1 Å². The standard InChI is InChI=1S/C23H27N3O4/c1-4-30-20-7-5-19(6-8-20)24-23(29)26(9-10-27)14-18-13-17-12-15(2)11-16(3)21(17)25-22(18)28/h5-8,11-13,27H,4,9-10,14H2,1-3H3,(H,24,29)(H,25,28). The first kappa shape index (κ1) is 21.4. The average Bonchev–Trinajstić information content (AvgIpc) is 2.70. The maximum atomic E-state index is 12.8. The zero-order chi connectivity index (χ0) is 21.7. The van der Waals surface area contributed by atoms with Crippen molar-refractivity contribution >= 4 is 22.6 Å². The highest BCUT2D eigenvalue weighted by atomic mass is 16.5. The van der Waals surface area contributed by atoms with Gasteiger partial charge in [0.2, 0.25) is 0 Å². The second-order valence-electron chi connectivity index (χ2n) is 7.20. The molecule has 3 N–H and O–H groups in total. The molecule has 1 aromatic heterocycles. The molecule has 0 radical (unpaired) electrons. The number of aliphatic hydroxyl groups excluding tert-OH is 1. The molecule has 3 aromatic rings. The van der Waals surface area contributed by atoms with E-state index < -0.39 is 6.03 Å². The third-order valence-corrected chi connectivity index (χ3v) is 4.81. The maximum Gasteiger partial charge on any atom is 0.322 e. The number of ether oxygens (including phenoxy) is 1. The number of pyridine rings is 1. The Morgan fingerprint density at radius 2 is 1.90 bits per heavy atom. The van der Waals surface area contributed by atoms with Crippen LogP contribution in [0.25, 0.3) is 10.9 Å². The number of nitrogens with zero attached hydrogens (tertiary/aromatic N) is 1. The Morgan fingerprint density at radius 3 is 2.57 bits per heavy atom. The molecule has 158 valence electrons. The van der Waals surface area contributed by atoms with E-state index in [4.69, 9.17) is 4.74 Å². The fourth-order valence-corrected chi connectivity index (χ4v) is 3.43. The molecule has 3 rings (SSSR count). The van der Waals surface area contributed by atoms with Crippen LogP contribution < -0.4 is 15.6 Å². The van der Waals surface area contributed by atoms with Crippen LogP contribution in [0.4, 0.5) is 10.5 Å². The minimum absolute atomic E-state index is 0.0850. The van der Waals surface area contributed by atoms with Crippen molar-refractivity contribution in [3.8, 4) is 5.75 Å². The van der Waals surface area contributed by atoms with E-state index in [-0.39, 0.29) is 25.3 Å². The molecule has 0 fully saturated rings. The lowest BCUT2D eigenvalue weighted by Gasteiger charge is -2.22. The molecular formula is C23H27N3O4. The van der Waals surface area contributed by atoms with E-state index >= 15 is 0 Å². The third-order valence-electron chi connectivity index (χ3n) is 4.81. The third kappa shape index (κ3) is 4.99. The quantitative estimate of drug-likeness (QED) is 0.556. The van der Waals surface area contributed by atoms with Crippen LogP contribution in [0.2, 0.25) is 0 Å². The normalized spacial score (nSPS) is 10.8.